The van der Waals surface area contributed by atoms with Gasteiger partial charge >= 0.3 is 0 Å². The molecule has 0 radical (unpaired) electrons. The first-order valence-corrected chi connectivity index (χ1v) is 5.92. The van der Waals surface area contributed by atoms with Crippen LogP contribution in [0.25, 0.3) is 0 Å². The quantitative estimate of drug-likeness (QED) is 0.629. The van der Waals surface area contributed by atoms with E-state index < -0.39 is 10.0 Å². The number of sulfonamides is 1. The lowest BCUT2D eigenvalue weighted by Crippen LogP contribution is -2.33. The zero-order valence-electron chi connectivity index (χ0n) is 6.66. The maximum atomic E-state index is 11.2. The SMILES string of the molecule is CS(=O)(=O)N(C1CC1)C1CC1. The first kappa shape index (κ1) is 7.55. The molecule has 0 saturated heterocycles. The Bertz CT molecular complexity index is 240. The highest BCUT2D eigenvalue weighted by molar-refractivity contribution is 7.88. The van der Waals surface area contributed by atoms with Crippen molar-refractivity contribution in [3.05, 3.63) is 0 Å². The van der Waals surface area contributed by atoms with E-state index in [2.05, 4.69) is 0 Å². The summed E-state index contributed by atoms with van der Waals surface area (Å²) in [6, 6.07) is 0.718. The molecule has 64 valence electrons. The van der Waals surface area contributed by atoms with Gasteiger partial charge in [-0.3, -0.25) is 0 Å². The molecule has 0 spiro atoms. The molecule has 11 heavy (non-hydrogen) atoms. The van der Waals surface area contributed by atoms with Gasteiger partial charge in [-0.05, 0) is 25.7 Å². The van der Waals surface area contributed by atoms with Gasteiger partial charge in [-0.25, -0.2) is 8.42 Å². The van der Waals surface area contributed by atoms with Crippen LogP contribution in [0.4, 0.5) is 0 Å². The molecule has 0 atom stereocenters. The van der Waals surface area contributed by atoms with E-state index in [1.807, 2.05) is 0 Å². The number of hydrogen-bond donors (Lipinski definition) is 0. The molecule has 2 rings (SSSR count). The van der Waals surface area contributed by atoms with Gasteiger partial charge in [0.05, 0.1) is 6.26 Å². The van der Waals surface area contributed by atoms with Crippen LogP contribution in [0.1, 0.15) is 25.7 Å². The van der Waals surface area contributed by atoms with Crippen molar-refractivity contribution < 1.29 is 8.42 Å². The largest absolute Gasteiger partial charge is 0.212 e. The molecule has 0 aromatic carbocycles. The molecule has 0 bridgehead atoms. The average molecular weight is 175 g/mol. The van der Waals surface area contributed by atoms with Gasteiger partial charge in [0.15, 0.2) is 0 Å². The smallest absolute Gasteiger partial charge is 0.211 e. The van der Waals surface area contributed by atoms with Gasteiger partial charge in [0, 0.05) is 12.1 Å². The van der Waals surface area contributed by atoms with Gasteiger partial charge in [-0.1, -0.05) is 0 Å². The van der Waals surface area contributed by atoms with Crippen LogP contribution >= 0.6 is 0 Å². The molecule has 2 aliphatic rings. The van der Waals surface area contributed by atoms with E-state index in [0.29, 0.717) is 12.1 Å². The van der Waals surface area contributed by atoms with Gasteiger partial charge in [0.25, 0.3) is 0 Å². The summed E-state index contributed by atoms with van der Waals surface area (Å²) in [6.07, 6.45) is 5.62. The van der Waals surface area contributed by atoms with Gasteiger partial charge in [-0.15, -0.1) is 0 Å². The zero-order chi connectivity index (χ0) is 8.06. The van der Waals surface area contributed by atoms with E-state index in [9.17, 15) is 8.42 Å². The van der Waals surface area contributed by atoms with E-state index in [1.54, 1.807) is 4.31 Å². The third-order valence-corrected chi connectivity index (χ3v) is 3.56. The van der Waals surface area contributed by atoms with Crippen molar-refractivity contribution in [2.75, 3.05) is 6.26 Å². The van der Waals surface area contributed by atoms with E-state index in [-0.39, 0.29) is 0 Å². The Balaban J connectivity index is 2.14. The maximum Gasteiger partial charge on any atom is 0.211 e. The minimum atomic E-state index is -2.91. The van der Waals surface area contributed by atoms with E-state index in [0.717, 1.165) is 25.7 Å². The van der Waals surface area contributed by atoms with Gasteiger partial charge in [0.1, 0.15) is 0 Å². The van der Waals surface area contributed by atoms with Crippen molar-refractivity contribution in [1.29, 1.82) is 0 Å². The fourth-order valence-corrected chi connectivity index (χ4v) is 3.00. The molecule has 0 aromatic rings. The fourth-order valence-electron chi connectivity index (χ4n) is 1.50. The van der Waals surface area contributed by atoms with Crippen molar-refractivity contribution in [3.8, 4) is 0 Å². The third-order valence-electron chi connectivity index (χ3n) is 2.20. The summed E-state index contributed by atoms with van der Waals surface area (Å²) < 4.78 is 24.2. The van der Waals surface area contributed by atoms with Crippen LogP contribution in [0.2, 0.25) is 0 Å². The summed E-state index contributed by atoms with van der Waals surface area (Å²) in [5.41, 5.74) is 0. The Hall–Kier alpha value is -0.0900. The van der Waals surface area contributed by atoms with Crippen LogP contribution in [0.5, 0.6) is 0 Å². The molecule has 0 amide bonds. The first-order chi connectivity index (χ1) is 5.09. The number of hydrogen-bond acceptors (Lipinski definition) is 2. The molecular formula is C7H13NO2S. The van der Waals surface area contributed by atoms with Crippen molar-refractivity contribution in [3.63, 3.8) is 0 Å². The molecule has 0 N–H and O–H groups in total. The lowest BCUT2D eigenvalue weighted by atomic mass is 10.6. The number of rotatable bonds is 3. The lowest BCUT2D eigenvalue weighted by molar-refractivity contribution is 0.400. The van der Waals surface area contributed by atoms with E-state index in [4.69, 9.17) is 0 Å². The van der Waals surface area contributed by atoms with Crippen LogP contribution in [0.3, 0.4) is 0 Å². The summed E-state index contributed by atoms with van der Waals surface area (Å²) in [5, 5.41) is 0. The maximum absolute atomic E-state index is 11.2. The Morgan fingerprint density at radius 3 is 1.64 bits per heavy atom. The summed E-state index contributed by atoms with van der Waals surface area (Å²) in [5.74, 6) is 0. The second-order valence-electron chi connectivity index (χ2n) is 3.56. The van der Waals surface area contributed by atoms with Crippen molar-refractivity contribution in [2.24, 2.45) is 0 Å². The van der Waals surface area contributed by atoms with E-state index >= 15 is 0 Å². The van der Waals surface area contributed by atoms with Crippen LogP contribution in [-0.2, 0) is 10.0 Å². The van der Waals surface area contributed by atoms with Crippen molar-refractivity contribution >= 4 is 10.0 Å². The summed E-state index contributed by atoms with van der Waals surface area (Å²) >= 11 is 0. The van der Waals surface area contributed by atoms with Crippen LogP contribution in [0.15, 0.2) is 0 Å². The Morgan fingerprint density at radius 1 is 1.09 bits per heavy atom. The topological polar surface area (TPSA) is 37.4 Å². The van der Waals surface area contributed by atoms with Crippen molar-refractivity contribution in [1.82, 2.24) is 4.31 Å². The third kappa shape index (κ3) is 1.56. The van der Waals surface area contributed by atoms with Gasteiger partial charge < -0.3 is 0 Å². The fraction of sp³-hybridized carbons (Fsp3) is 1.00. The summed E-state index contributed by atoms with van der Waals surface area (Å²) in [6.45, 7) is 0. The molecule has 3 nitrogen and oxygen atoms in total. The Labute approximate surface area is 67.4 Å². The lowest BCUT2D eigenvalue weighted by Gasteiger charge is -2.17. The average Bonchev–Trinajstić information content (AvgIpc) is 2.50. The molecule has 0 aromatic heterocycles. The summed E-state index contributed by atoms with van der Waals surface area (Å²) in [4.78, 5) is 0. The standard InChI is InChI=1S/C7H13NO2S/c1-11(9,10)8(6-2-3-6)7-4-5-7/h6-7H,2-5H2,1H3. The molecule has 0 heterocycles. The molecule has 0 aliphatic heterocycles. The molecule has 2 fully saturated rings. The molecule has 2 aliphatic carbocycles. The van der Waals surface area contributed by atoms with Gasteiger partial charge in [0.2, 0.25) is 10.0 Å². The van der Waals surface area contributed by atoms with Crippen LogP contribution in [0, 0.1) is 0 Å². The molecule has 2 saturated carbocycles. The molecule has 0 unspecified atom stereocenters. The highest BCUT2D eigenvalue weighted by Gasteiger charge is 2.44. The second-order valence-corrected chi connectivity index (χ2v) is 5.44. The Kier molecular flexibility index (Phi) is 1.51. The predicted molar refractivity (Wildman–Crippen MR) is 42.7 cm³/mol. The van der Waals surface area contributed by atoms with Crippen LogP contribution in [-0.4, -0.2) is 31.1 Å². The molecule has 4 heteroatoms. The predicted octanol–water partition coefficient (Wildman–Crippen LogP) is 0.573. The minimum absolute atomic E-state index is 0.359. The monoisotopic (exact) mass is 175 g/mol. The Morgan fingerprint density at radius 2 is 1.45 bits per heavy atom. The minimum Gasteiger partial charge on any atom is -0.212 e. The zero-order valence-corrected chi connectivity index (χ0v) is 7.47. The molecular weight excluding hydrogens is 162 g/mol. The van der Waals surface area contributed by atoms with Gasteiger partial charge in [-0.2, -0.15) is 4.31 Å². The first-order valence-electron chi connectivity index (χ1n) is 4.07. The van der Waals surface area contributed by atoms with Crippen molar-refractivity contribution in [2.45, 2.75) is 37.8 Å². The second kappa shape index (κ2) is 2.20. The number of nitrogens with zero attached hydrogens (tertiary/aromatic N) is 1. The normalized spacial score (nSPS) is 26.0. The summed E-state index contributed by atoms with van der Waals surface area (Å²) in [7, 11) is -2.91. The van der Waals surface area contributed by atoms with E-state index in [1.165, 1.54) is 6.26 Å². The highest BCUT2D eigenvalue weighted by atomic mass is 32.2. The highest BCUT2D eigenvalue weighted by Crippen LogP contribution is 2.38. The van der Waals surface area contributed by atoms with Crippen LogP contribution < -0.4 is 0 Å².